The van der Waals surface area contributed by atoms with Crippen molar-refractivity contribution >= 4 is 22.8 Å². The van der Waals surface area contributed by atoms with Crippen LogP contribution in [0.4, 0.5) is 0 Å². The third kappa shape index (κ3) is 3.05. The number of hydrogen-bond donors (Lipinski definition) is 0. The second kappa shape index (κ2) is 6.67. The summed E-state index contributed by atoms with van der Waals surface area (Å²) in [6.45, 7) is 7.01. The van der Waals surface area contributed by atoms with Crippen molar-refractivity contribution in [3.05, 3.63) is 47.6 Å². The number of piperidine rings is 1. The summed E-state index contributed by atoms with van der Waals surface area (Å²) in [4.78, 5) is 11.7. The van der Waals surface area contributed by atoms with Crippen molar-refractivity contribution in [2.75, 3.05) is 26.7 Å². The minimum Gasteiger partial charge on any atom is -0.306 e. The van der Waals surface area contributed by atoms with Crippen LogP contribution in [0.5, 0.6) is 0 Å². The summed E-state index contributed by atoms with van der Waals surface area (Å²) in [5.74, 6) is 1.44. The Morgan fingerprint density at radius 2 is 1.93 bits per heavy atom. The van der Waals surface area contributed by atoms with Crippen molar-refractivity contribution in [3.8, 4) is 0 Å². The Morgan fingerprint density at radius 3 is 2.75 bits per heavy atom. The number of likely N-dealkylation sites (tertiary alicyclic amines) is 1. The second-order valence-electron chi connectivity index (χ2n) is 7.90. The molecular weight excluding hydrogens is 350 g/mol. The molecule has 3 aliphatic rings. The van der Waals surface area contributed by atoms with Crippen LogP contribution in [0.15, 0.2) is 40.6 Å². The van der Waals surface area contributed by atoms with Crippen LogP contribution >= 0.6 is 0 Å². The van der Waals surface area contributed by atoms with Gasteiger partial charge >= 0.3 is 0 Å². The summed E-state index contributed by atoms with van der Waals surface area (Å²) >= 11 is 0. The monoisotopic (exact) mass is 375 g/mol. The Morgan fingerprint density at radius 1 is 1.11 bits per heavy atom. The minimum absolute atomic E-state index is 0.552. The number of hydrogen-bond acceptors (Lipinski definition) is 6. The first kappa shape index (κ1) is 17.3. The standard InChI is InChI=1S/C21H25N7/c1-14-13-28-20(15(2)22-14)12-19(25-28)18-8-11-27-21(23-18)5-4-17(24-27)16-6-9-26(3)10-7-16/h4-5,8,12-13,16H,6-7,9-11H2,1-3H3. The van der Waals surface area contributed by atoms with Gasteiger partial charge in [0.1, 0.15) is 11.5 Å². The zero-order valence-corrected chi connectivity index (χ0v) is 16.6. The fraction of sp³-hybridized carbons (Fsp3) is 0.429. The molecule has 7 nitrogen and oxygen atoms in total. The number of hydrazone groups is 1. The Balaban J connectivity index is 1.39. The molecule has 3 aliphatic heterocycles. The molecule has 144 valence electrons. The van der Waals surface area contributed by atoms with Gasteiger partial charge in [0.15, 0.2) is 0 Å². The quantitative estimate of drug-likeness (QED) is 0.810. The molecule has 2 aromatic heterocycles. The predicted molar refractivity (Wildman–Crippen MR) is 111 cm³/mol. The predicted octanol–water partition coefficient (Wildman–Crippen LogP) is 2.67. The first-order valence-electron chi connectivity index (χ1n) is 9.92. The molecule has 0 atom stereocenters. The van der Waals surface area contributed by atoms with E-state index in [2.05, 4.69) is 41.2 Å². The molecule has 0 aliphatic carbocycles. The Labute approximate surface area is 164 Å². The molecule has 0 unspecified atom stereocenters. The molecule has 7 heteroatoms. The van der Waals surface area contributed by atoms with E-state index in [1.54, 1.807) is 0 Å². The fourth-order valence-corrected chi connectivity index (χ4v) is 4.14. The van der Waals surface area contributed by atoms with E-state index in [-0.39, 0.29) is 0 Å². The van der Waals surface area contributed by atoms with Crippen LogP contribution in [-0.2, 0) is 0 Å². The Bertz CT molecular complexity index is 1050. The molecule has 0 amide bonds. The molecule has 0 aromatic carbocycles. The van der Waals surface area contributed by atoms with E-state index in [0.717, 1.165) is 53.8 Å². The lowest BCUT2D eigenvalue weighted by Crippen LogP contribution is -2.37. The molecule has 0 N–H and O–H groups in total. The van der Waals surface area contributed by atoms with Crippen molar-refractivity contribution in [2.45, 2.75) is 26.7 Å². The zero-order valence-electron chi connectivity index (χ0n) is 16.6. The largest absolute Gasteiger partial charge is 0.306 e. The molecule has 0 bridgehead atoms. The van der Waals surface area contributed by atoms with Crippen LogP contribution in [0.3, 0.4) is 0 Å². The van der Waals surface area contributed by atoms with E-state index in [1.807, 2.05) is 29.6 Å². The fourth-order valence-electron chi connectivity index (χ4n) is 4.14. The molecule has 5 heterocycles. The zero-order chi connectivity index (χ0) is 19.3. The second-order valence-corrected chi connectivity index (χ2v) is 7.90. The smallest absolute Gasteiger partial charge is 0.149 e. The highest BCUT2D eigenvalue weighted by Gasteiger charge is 2.25. The van der Waals surface area contributed by atoms with Gasteiger partial charge in [-0.05, 0) is 71.1 Å². The molecule has 1 fully saturated rings. The lowest BCUT2D eigenvalue weighted by molar-refractivity contribution is 0.251. The average molecular weight is 375 g/mol. The maximum absolute atomic E-state index is 4.88. The highest BCUT2D eigenvalue weighted by Crippen LogP contribution is 2.26. The van der Waals surface area contributed by atoms with Crippen LogP contribution in [0.25, 0.3) is 11.2 Å². The number of allylic oxidation sites excluding steroid dienone is 1. The summed E-state index contributed by atoms with van der Waals surface area (Å²) in [6.07, 6.45) is 10.7. The summed E-state index contributed by atoms with van der Waals surface area (Å²) in [5.41, 5.74) is 5.92. The van der Waals surface area contributed by atoms with Gasteiger partial charge in [-0.2, -0.15) is 10.2 Å². The van der Waals surface area contributed by atoms with E-state index in [1.165, 1.54) is 18.6 Å². The maximum atomic E-state index is 4.88. The molecule has 1 saturated heterocycles. The van der Waals surface area contributed by atoms with Crippen LogP contribution < -0.4 is 0 Å². The number of amidine groups is 1. The highest BCUT2D eigenvalue weighted by molar-refractivity contribution is 6.08. The number of rotatable bonds is 2. The molecule has 2 aromatic rings. The van der Waals surface area contributed by atoms with Gasteiger partial charge < -0.3 is 4.90 Å². The normalized spacial score (nSPS) is 20.8. The summed E-state index contributed by atoms with van der Waals surface area (Å²) in [5, 5.41) is 11.6. The minimum atomic E-state index is 0.552. The van der Waals surface area contributed by atoms with Crippen LogP contribution in [0.1, 0.15) is 29.9 Å². The molecule has 0 radical (unpaired) electrons. The SMILES string of the molecule is Cc1cn2nc(C3=CCN4N=C(C5CCN(C)CC5)C=CC4=N3)cc2c(C)n1. The van der Waals surface area contributed by atoms with Gasteiger partial charge in [0.25, 0.3) is 0 Å². The van der Waals surface area contributed by atoms with E-state index in [4.69, 9.17) is 15.2 Å². The Hall–Kier alpha value is -2.80. The number of aryl methyl sites for hydroxylation is 2. The molecule has 0 spiro atoms. The number of nitrogens with zero attached hydrogens (tertiary/aromatic N) is 7. The van der Waals surface area contributed by atoms with Crippen molar-refractivity contribution in [2.24, 2.45) is 16.0 Å². The first-order valence-corrected chi connectivity index (χ1v) is 9.92. The summed E-state index contributed by atoms with van der Waals surface area (Å²) < 4.78 is 1.90. The van der Waals surface area contributed by atoms with E-state index in [0.29, 0.717) is 5.92 Å². The Kier molecular flexibility index (Phi) is 4.12. The lowest BCUT2D eigenvalue weighted by Gasteiger charge is -2.32. The van der Waals surface area contributed by atoms with Crippen molar-refractivity contribution in [1.82, 2.24) is 24.5 Å². The van der Waals surface area contributed by atoms with E-state index >= 15 is 0 Å². The first-order chi connectivity index (χ1) is 13.6. The lowest BCUT2D eigenvalue weighted by atomic mass is 9.91. The van der Waals surface area contributed by atoms with Gasteiger partial charge in [-0.1, -0.05) is 0 Å². The number of aliphatic imine (C=N–C) groups is 1. The topological polar surface area (TPSA) is 61.4 Å². The third-order valence-electron chi connectivity index (χ3n) is 5.76. The van der Waals surface area contributed by atoms with Crippen molar-refractivity contribution in [1.29, 1.82) is 0 Å². The van der Waals surface area contributed by atoms with Crippen LogP contribution in [0.2, 0.25) is 0 Å². The van der Waals surface area contributed by atoms with Gasteiger partial charge in [-0.15, -0.1) is 0 Å². The summed E-state index contributed by atoms with van der Waals surface area (Å²) in [6, 6.07) is 2.06. The third-order valence-corrected chi connectivity index (χ3v) is 5.76. The van der Waals surface area contributed by atoms with Crippen LogP contribution in [0, 0.1) is 19.8 Å². The number of fused-ring (bicyclic) bond motifs is 2. The maximum Gasteiger partial charge on any atom is 0.149 e. The molecular formula is C21H25N7. The van der Waals surface area contributed by atoms with Gasteiger partial charge in [-0.25, -0.2) is 14.5 Å². The number of aromatic nitrogens is 3. The average Bonchev–Trinajstić information content (AvgIpc) is 3.12. The molecule has 0 saturated carbocycles. The van der Waals surface area contributed by atoms with Crippen molar-refractivity contribution in [3.63, 3.8) is 0 Å². The van der Waals surface area contributed by atoms with Gasteiger partial charge in [0.2, 0.25) is 0 Å². The van der Waals surface area contributed by atoms with Crippen molar-refractivity contribution < 1.29 is 0 Å². The van der Waals surface area contributed by atoms with E-state index in [9.17, 15) is 0 Å². The van der Waals surface area contributed by atoms with Gasteiger partial charge in [0, 0.05) is 5.92 Å². The molecule has 28 heavy (non-hydrogen) atoms. The molecule has 5 rings (SSSR count). The van der Waals surface area contributed by atoms with Crippen LogP contribution in [-0.4, -0.2) is 62.7 Å². The van der Waals surface area contributed by atoms with E-state index < -0.39 is 0 Å². The summed E-state index contributed by atoms with van der Waals surface area (Å²) in [7, 11) is 2.19. The van der Waals surface area contributed by atoms with Gasteiger partial charge in [0.05, 0.1) is 41.1 Å². The highest BCUT2D eigenvalue weighted by atomic mass is 15.5. The van der Waals surface area contributed by atoms with Gasteiger partial charge in [-0.3, -0.25) is 4.98 Å².